The number of carbonyl (C=O) groups excluding carboxylic acids is 2. The van der Waals surface area contributed by atoms with E-state index < -0.39 is 34.9 Å². The van der Waals surface area contributed by atoms with Gasteiger partial charge in [-0.15, -0.1) is 0 Å². The monoisotopic (exact) mass is 438 g/mol. The third-order valence-corrected chi connectivity index (χ3v) is 4.82. The second-order valence-electron chi connectivity index (χ2n) is 6.94. The first kappa shape index (κ1) is 22.3. The highest BCUT2D eigenvalue weighted by Crippen LogP contribution is 2.30. The summed E-state index contributed by atoms with van der Waals surface area (Å²) in [6.45, 7) is 4.26. The van der Waals surface area contributed by atoms with Gasteiger partial charge in [-0.25, -0.2) is 9.48 Å². The first-order valence-corrected chi connectivity index (χ1v) is 9.61. The molecule has 1 aromatic heterocycles. The molecule has 11 heteroatoms. The standard InChI is InChI=1S/C20H21F3N4O4/c1-3-31-19(30)26-9-7-25(8-10-26)18(29)17-16(28)11-13(2)27(24-17)15-6-4-5-14(12-15)20(21,22)23/h4-6,11-12H,3,7-10H2,1-2H3. The van der Waals surface area contributed by atoms with E-state index in [1.165, 1.54) is 28.9 Å². The Bertz CT molecular complexity index is 1040. The number of aromatic nitrogens is 2. The molecule has 0 atom stereocenters. The van der Waals surface area contributed by atoms with E-state index in [1.54, 1.807) is 6.92 Å². The molecule has 0 N–H and O–H groups in total. The molecule has 3 rings (SSSR count). The third-order valence-electron chi connectivity index (χ3n) is 4.82. The van der Waals surface area contributed by atoms with Crippen molar-refractivity contribution in [2.45, 2.75) is 20.0 Å². The lowest BCUT2D eigenvalue weighted by Crippen LogP contribution is -2.51. The minimum atomic E-state index is -4.54. The van der Waals surface area contributed by atoms with Crippen LogP contribution >= 0.6 is 0 Å². The molecular weight excluding hydrogens is 417 g/mol. The molecule has 0 radical (unpaired) electrons. The van der Waals surface area contributed by atoms with E-state index in [1.807, 2.05) is 0 Å². The van der Waals surface area contributed by atoms with Crippen LogP contribution in [-0.4, -0.2) is 64.4 Å². The van der Waals surface area contributed by atoms with Crippen LogP contribution in [0.15, 0.2) is 35.1 Å². The molecule has 1 aromatic carbocycles. The highest BCUT2D eigenvalue weighted by molar-refractivity contribution is 5.92. The molecule has 2 heterocycles. The average molecular weight is 438 g/mol. The summed E-state index contributed by atoms with van der Waals surface area (Å²) in [5, 5.41) is 4.06. The largest absolute Gasteiger partial charge is 0.450 e. The third kappa shape index (κ3) is 4.86. The summed E-state index contributed by atoms with van der Waals surface area (Å²) in [4.78, 5) is 39.9. The SMILES string of the molecule is CCOC(=O)N1CCN(C(=O)c2nn(-c3cccc(C(F)(F)F)c3)c(C)cc2=O)CC1. The maximum atomic E-state index is 13.1. The molecule has 0 bridgehead atoms. The van der Waals surface area contributed by atoms with Gasteiger partial charge >= 0.3 is 12.3 Å². The van der Waals surface area contributed by atoms with E-state index in [0.717, 1.165) is 22.9 Å². The molecule has 0 spiro atoms. The number of rotatable bonds is 3. The predicted molar refractivity (Wildman–Crippen MR) is 104 cm³/mol. The fraction of sp³-hybridized carbons (Fsp3) is 0.400. The zero-order chi connectivity index (χ0) is 22.8. The molecule has 1 aliphatic heterocycles. The van der Waals surface area contributed by atoms with Gasteiger partial charge in [0.25, 0.3) is 5.91 Å². The van der Waals surface area contributed by atoms with Crippen LogP contribution in [-0.2, 0) is 10.9 Å². The number of amides is 2. The molecule has 0 saturated carbocycles. The Morgan fingerprint density at radius 3 is 2.35 bits per heavy atom. The zero-order valence-electron chi connectivity index (χ0n) is 17.0. The van der Waals surface area contributed by atoms with Gasteiger partial charge in [-0.3, -0.25) is 9.59 Å². The van der Waals surface area contributed by atoms with Gasteiger partial charge in [0.05, 0.1) is 17.9 Å². The molecule has 166 valence electrons. The summed E-state index contributed by atoms with van der Waals surface area (Å²) < 4.78 is 45.2. The first-order valence-electron chi connectivity index (χ1n) is 9.61. The van der Waals surface area contributed by atoms with Crippen LogP contribution in [0.25, 0.3) is 5.69 Å². The normalized spacial score (nSPS) is 14.5. The number of carbonyl (C=O) groups is 2. The number of ether oxygens (including phenoxy) is 1. The van der Waals surface area contributed by atoms with Crippen molar-refractivity contribution in [1.82, 2.24) is 19.6 Å². The van der Waals surface area contributed by atoms with Crippen molar-refractivity contribution >= 4 is 12.0 Å². The molecule has 0 aliphatic carbocycles. The van der Waals surface area contributed by atoms with Crippen LogP contribution in [0.3, 0.4) is 0 Å². The van der Waals surface area contributed by atoms with E-state index in [4.69, 9.17) is 4.74 Å². The highest BCUT2D eigenvalue weighted by Gasteiger charge is 2.31. The molecule has 8 nitrogen and oxygen atoms in total. The predicted octanol–water partition coefficient (Wildman–Crippen LogP) is 2.47. The fourth-order valence-corrected chi connectivity index (χ4v) is 3.23. The minimum Gasteiger partial charge on any atom is -0.450 e. The van der Waals surface area contributed by atoms with Crippen LogP contribution in [0.2, 0.25) is 0 Å². The summed E-state index contributed by atoms with van der Waals surface area (Å²) in [5.74, 6) is -0.644. The molecular formula is C20H21F3N4O4. The van der Waals surface area contributed by atoms with Crippen molar-refractivity contribution in [3.05, 3.63) is 57.5 Å². The Balaban J connectivity index is 1.86. The lowest BCUT2D eigenvalue weighted by atomic mass is 10.2. The number of hydrogen-bond acceptors (Lipinski definition) is 5. The van der Waals surface area contributed by atoms with Crippen LogP contribution in [0.1, 0.15) is 28.7 Å². The van der Waals surface area contributed by atoms with Crippen LogP contribution < -0.4 is 5.43 Å². The Kier molecular flexibility index (Phi) is 6.32. The summed E-state index contributed by atoms with van der Waals surface area (Å²) in [6, 6.07) is 5.63. The number of halogens is 3. The number of nitrogens with zero attached hydrogens (tertiary/aromatic N) is 4. The lowest BCUT2D eigenvalue weighted by Gasteiger charge is -2.33. The van der Waals surface area contributed by atoms with Crippen LogP contribution in [0.5, 0.6) is 0 Å². The first-order chi connectivity index (χ1) is 14.6. The molecule has 1 aliphatic rings. The number of piperazine rings is 1. The number of benzene rings is 1. The zero-order valence-corrected chi connectivity index (χ0v) is 17.0. The van der Waals surface area contributed by atoms with Crippen LogP contribution in [0.4, 0.5) is 18.0 Å². The number of alkyl halides is 3. The highest BCUT2D eigenvalue weighted by atomic mass is 19.4. The smallest absolute Gasteiger partial charge is 0.416 e. The van der Waals surface area contributed by atoms with Gasteiger partial charge in [0.2, 0.25) is 5.43 Å². The summed E-state index contributed by atoms with van der Waals surface area (Å²) in [7, 11) is 0. The number of hydrogen-bond donors (Lipinski definition) is 0. The maximum Gasteiger partial charge on any atom is 0.416 e. The van der Waals surface area contributed by atoms with Gasteiger partial charge in [-0.2, -0.15) is 18.3 Å². The minimum absolute atomic E-state index is 0.0773. The van der Waals surface area contributed by atoms with E-state index in [-0.39, 0.29) is 44.2 Å². The molecule has 2 amide bonds. The molecule has 2 aromatic rings. The van der Waals surface area contributed by atoms with E-state index in [0.29, 0.717) is 0 Å². The molecule has 1 saturated heterocycles. The molecule has 31 heavy (non-hydrogen) atoms. The lowest BCUT2D eigenvalue weighted by molar-refractivity contribution is -0.137. The topological polar surface area (TPSA) is 84.7 Å². The van der Waals surface area contributed by atoms with Gasteiger partial charge in [0, 0.05) is 37.9 Å². The van der Waals surface area contributed by atoms with E-state index in [2.05, 4.69) is 5.10 Å². The van der Waals surface area contributed by atoms with Gasteiger partial charge in [-0.05, 0) is 32.0 Å². The average Bonchev–Trinajstić information content (AvgIpc) is 2.73. The second kappa shape index (κ2) is 8.78. The van der Waals surface area contributed by atoms with Gasteiger partial charge in [0.1, 0.15) is 0 Å². The molecule has 0 unspecified atom stereocenters. The summed E-state index contributed by atoms with van der Waals surface area (Å²) in [6.07, 6.45) is -5.02. The number of aryl methyl sites for hydroxylation is 1. The van der Waals surface area contributed by atoms with Crippen molar-refractivity contribution in [2.24, 2.45) is 0 Å². The van der Waals surface area contributed by atoms with Gasteiger partial charge < -0.3 is 14.5 Å². The van der Waals surface area contributed by atoms with E-state index in [9.17, 15) is 27.6 Å². The Hall–Kier alpha value is -3.37. The van der Waals surface area contributed by atoms with Gasteiger partial charge in [0.15, 0.2) is 5.69 Å². The van der Waals surface area contributed by atoms with Crippen molar-refractivity contribution < 1.29 is 27.5 Å². The Morgan fingerprint density at radius 1 is 1.10 bits per heavy atom. The van der Waals surface area contributed by atoms with Crippen LogP contribution in [0, 0.1) is 6.92 Å². The van der Waals surface area contributed by atoms with Crippen molar-refractivity contribution in [3.63, 3.8) is 0 Å². The van der Waals surface area contributed by atoms with E-state index >= 15 is 0 Å². The van der Waals surface area contributed by atoms with Gasteiger partial charge in [-0.1, -0.05) is 6.07 Å². The second-order valence-corrected chi connectivity index (χ2v) is 6.94. The van der Waals surface area contributed by atoms with Crippen molar-refractivity contribution in [2.75, 3.05) is 32.8 Å². The fourth-order valence-electron chi connectivity index (χ4n) is 3.23. The van der Waals surface area contributed by atoms with Crippen molar-refractivity contribution in [3.8, 4) is 5.69 Å². The summed E-state index contributed by atoms with van der Waals surface area (Å²) >= 11 is 0. The quantitative estimate of drug-likeness (QED) is 0.735. The Labute approximate surface area is 175 Å². The Morgan fingerprint density at radius 2 is 1.74 bits per heavy atom. The maximum absolute atomic E-state index is 13.1. The summed E-state index contributed by atoms with van der Waals surface area (Å²) in [5.41, 5.74) is -1.53. The molecule has 1 fully saturated rings. The van der Waals surface area contributed by atoms with Crippen molar-refractivity contribution in [1.29, 1.82) is 0 Å².